The highest BCUT2D eigenvalue weighted by molar-refractivity contribution is 5.91. The number of carbonyl (C=O) groups excluding carboxylic acids is 1. The Bertz CT molecular complexity index is 691. The van der Waals surface area contributed by atoms with E-state index < -0.39 is 0 Å². The molecule has 3 rings (SSSR count). The van der Waals surface area contributed by atoms with Gasteiger partial charge in [-0.25, -0.2) is 4.98 Å². The predicted octanol–water partition coefficient (Wildman–Crippen LogP) is 1.50. The number of nitrogens with one attached hydrogen (secondary N) is 1. The van der Waals surface area contributed by atoms with Gasteiger partial charge in [0.15, 0.2) is 5.76 Å². The lowest BCUT2D eigenvalue weighted by Gasteiger charge is -2.33. The molecule has 0 saturated carbocycles. The number of carbonyl (C=O) groups is 1. The van der Waals surface area contributed by atoms with Crippen molar-refractivity contribution in [2.24, 2.45) is 0 Å². The molecular weight excluding hydrogens is 320 g/mol. The third-order valence-electron chi connectivity index (χ3n) is 4.26. The van der Waals surface area contributed by atoms with E-state index in [2.05, 4.69) is 27.1 Å². The van der Waals surface area contributed by atoms with Gasteiger partial charge in [-0.15, -0.1) is 0 Å². The molecule has 1 amide bonds. The van der Waals surface area contributed by atoms with Crippen LogP contribution in [0.1, 0.15) is 21.9 Å². The fourth-order valence-corrected chi connectivity index (χ4v) is 2.73. The van der Waals surface area contributed by atoms with Crippen molar-refractivity contribution in [1.82, 2.24) is 15.2 Å². The van der Waals surface area contributed by atoms with E-state index >= 15 is 0 Å². The summed E-state index contributed by atoms with van der Waals surface area (Å²) in [5.74, 6) is 1.66. The topological polar surface area (TPSA) is 70.8 Å². The Morgan fingerprint density at radius 3 is 2.72 bits per heavy atom. The average molecular weight is 344 g/mol. The molecule has 0 unspecified atom stereocenters. The zero-order valence-electron chi connectivity index (χ0n) is 14.7. The molecule has 1 aliphatic heterocycles. The number of aromatic nitrogens is 1. The van der Waals surface area contributed by atoms with Crippen LogP contribution in [0.3, 0.4) is 0 Å². The van der Waals surface area contributed by atoms with Crippen LogP contribution in [0.15, 0.2) is 34.9 Å². The fraction of sp³-hybridized carbons (Fsp3) is 0.444. The summed E-state index contributed by atoms with van der Waals surface area (Å²) in [6, 6.07) is 7.40. The lowest BCUT2D eigenvalue weighted by Crippen LogP contribution is -2.44. The van der Waals surface area contributed by atoms with Gasteiger partial charge in [-0.05, 0) is 30.8 Å². The molecule has 25 heavy (non-hydrogen) atoms. The Labute approximate surface area is 147 Å². The first-order chi connectivity index (χ1) is 12.2. The van der Waals surface area contributed by atoms with Crippen LogP contribution >= 0.6 is 0 Å². The Kier molecular flexibility index (Phi) is 5.67. The SMILES string of the molecule is COCc1ccc(C(=O)NCc2ccc(N3CCN(C)CC3)nc2)o1. The monoisotopic (exact) mass is 344 g/mol. The van der Waals surface area contributed by atoms with E-state index in [4.69, 9.17) is 9.15 Å². The van der Waals surface area contributed by atoms with E-state index in [9.17, 15) is 4.79 Å². The van der Waals surface area contributed by atoms with Gasteiger partial charge in [-0.2, -0.15) is 0 Å². The number of rotatable bonds is 6. The molecule has 0 spiro atoms. The Balaban J connectivity index is 1.52. The molecule has 134 valence electrons. The van der Waals surface area contributed by atoms with Crippen molar-refractivity contribution in [3.05, 3.63) is 47.5 Å². The number of anilines is 1. The number of ether oxygens (including phenoxy) is 1. The van der Waals surface area contributed by atoms with Crippen LogP contribution in [0.5, 0.6) is 0 Å². The smallest absolute Gasteiger partial charge is 0.287 e. The molecule has 2 aromatic rings. The summed E-state index contributed by atoms with van der Waals surface area (Å²) in [7, 11) is 3.72. The third kappa shape index (κ3) is 4.58. The van der Waals surface area contributed by atoms with Crippen molar-refractivity contribution in [3.8, 4) is 0 Å². The van der Waals surface area contributed by atoms with Gasteiger partial charge in [-0.1, -0.05) is 6.07 Å². The Morgan fingerprint density at radius 1 is 1.24 bits per heavy atom. The van der Waals surface area contributed by atoms with Gasteiger partial charge in [0, 0.05) is 46.0 Å². The van der Waals surface area contributed by atoms with Crippen LogP contribution in [0.2, 0.25) is 0 Å². The fourth-order valence-electron chi connectivity index (χ4n) is 2.73. The lowest BCUT2D eigenvalue weighted by atomic mass is 10.2. The number of hydrogen-bond acceptors (Lipinski definition) is 6. The number of likely N-dealkylation sites (N-methyl/N-ethyl adjacent to an activating group) is 1. The summed E-state index contributed by atoms with van der Waals surface area (Å²) in [4.78, 5) is 21.2. The molecule has 7 heteroatoms. The number of furan rings is 1. The van der Waals surface area contributed by atoms with Gasteiger partial charge < -0.3 is 24.3 Å². The lowest BCUT2D eigenvalue weighted by molar-refractivity contribution is 0.0914. The van der Waals surface area contributed by atoms with E-state index in [1.54, 1.807) is 19.2 Å². The Hall–Kier alpha value is -2.38. The summed E-state index contributed by atoms with van der Waals surface area (Å²) in [5, 5.41) is 2.84. The van der Waals surface area contributed by atoms with Gasteiger partial charge in [0.05, 0.1) is 0 Å². The van der Waals surface area contributed by atoms with Gasteiger partial charge in [0.25, 0.3) is 5.91 Å². The number of methoxy groups -OCH3 is 1. The molecule has 1 fully saturated rings. The quantitative estimate of drug-likeness (QED) is 0.856. The molecule has 1 saturated heterocycles. The van der Waals surface area contributed by atoms with Gasteiger partial charge in [0.2, 0.25) is 0 Å². The van der Waals surface area contributed by atoms with Crippen molar-refractivity contribution in [3.63, 3.8) is 0 Å². The van der Waals surface area contributed by atoms with Crippen LogP contribution in [0, 0.1) is 0 Å². The number of nitrogens with zero attached hydrogens (tertiary/aromatic N) is 3. The molecule has 2 aromatic heterocycles. The first-order valence-corrected chi connectivity index (χ1v) is 8.40. The Morgan fingerprint density at radius 2 is 2.04 bits per heavy atom. The zero-order valence-corrected chi connectivity index (χ0v) is 14.7. The molecule has 7 nitrogen and oxygen atoms in total. The zero-order chi connectivity index (χ0) is 17.6. The van der Waals surface area contributed by atoms with Crippen LogP contribution in [0.4, 0.5) is 5.82 Å². The minimum absolute atomic E-state index is 0.245. The van der Waals surface area contributed by atoms with E-state index in [0.717, 1.165) is 37.6 Å². The summed E-state index contributed by atoms with van der Waals surface area (Å²) >= 11 is 0. The van der Waals surface area contributed by atoms with Gasteiger partial charge >= 0.3 is 0 Å². The second-order valence-corrected chi connectivity index (χ2v) is 6.20. The van der Waals surface area contributed by atoms with Crippen molar-refractivity contribution < 1.29 is 13.9 Å². The first kappa shape index (κ1) is 17.4. The molecule has 1 aliphatic rings. The van der Waals surface area contributed by atoms with Crippen LogP contribution in [-0.4, -0.2) is 56.1 Å². The summed E-state index contributed by atoms with van der Waals surface area (Å²) < 4.78 is 10.4. The highest BCUT2D eigenvalue weighted by Crippen LogP contribution is 2.14. The van der Waals surface area contributed by atoms with Gasteiger partial charge in [0.1, 0.15) is 18.2 Å². The molecule has 3 heterocycles. The predicted molar refractivity (Wildman–Crippen MR) is 94.5 cm³/mol. The summed E-state index contributed by atoms with van der Waals surface area (Å²) in [5.41, 5.74) is 0.954. The molecular formula is C18H24N4O3. The van der Waals surface area contributed by atoms with Crippen molar-refractivity contribution in [2.45, 2.75) is 13.2 Å². The van der Waals surface area contributed by atoms with Crippen LogP contribution in [-0.2, 0) is 17.9 Å². The van der Waals surface area contributed by atoms with E-state index in [1.165, 1.54) is 0 Å². The maximum atomic E-state index is 12.1. The molecule has 0 aromatic carbocycles. The standard InChI is InChI=1S/C18H24N4O3/c1-21-7-9-22(10-8-21)17-6-3-14(11-19-17)12-20-18(23)16-5-4-15(25-16)13-24-2/h3-6,11H,7-10,12-13H2,1-2H3,(H,20,23). The maximum Gasteiger partial charge on any atom is 0.287 e. The average Bonchev–Trinajstić information content (AvgIpc) is 3.10. The van der Waals surface area contributed by atoms with E-state index in [-0.39, 0.29) is 11.7 Å². The number of piperazine rings is 1. The van der Waals surface area contributed by atoms with E-state index in [1.807, 2.05) is 18.3 Å². The second kappa shape index (κ2) is 8.13. The molecule has 0 bridgehead atoms. The number of amides is 1. The molecule has 0 aliphatic carbocycles. The van der Waals surface area contributed by atoms with Gasteiger partial charge in [-0.3, -0.25) is 4.79 Å². The van der Waals surface area contributed by atoms with Crippen LogP contribution in [0.25, 0.3) is 0 Å². The molecule has 0 atom stereocenters. The minimum atomic E-state index is -0.245. The summed E-state index contributed by atoms with van der Waals surface area (Å²) in [6.07, 6.45) is 1.81. The van der Waals surface area contributed by atoms with Crippen molar-refractivity contribution in [2.75, 3.05) is 45.2 Å². The van der Waals surface area contributed by atoms with E-state index in [0.29, 0.717) is 18.9 Å². The third-order valence-corrected chi connectivity index (χ3v) is 4.26. The largest absolute Gasteiger partial charge is 0.453 e. The molecule has 1 N–H and O–H groups in total. The molecule has 0 radical (unpaired) electrons. The first-order valence-electron chi connectivity index (χ1n) is 8.40. The highest BCUT2D eigenvalue weighted by atomic mass is 16.5. The summed E-state index contributed by atoms with van der Waals surface area (Å²) in [6.45, 7) is 4.84. The maximum absolute atomic E-state index is 12.1. The highest BCUT2D eigenvalue weighted by Gasteiger charge is 2.15. The van der Waals surface area contributed by atoms with Crippen molar-refractivity contribution in [1.29, 1.82) is 0 Å². The van der Waals surface area contributed by atoms with Crippen LogP contribution < -0.4 is 10.2 Å². The number of hydrogen-bond donors (Lipinski definition) is 1. The minimum Gasteiger partial charge on any atom is -0.453 e. The van der Waals surface area contributed by atoms with Crippen molar-refractivity contribution >= 4 is 11.7 Å². The second-order valence-electron chi connectivity index (χ2n) is 6.20. The number of pyridine rings is 1. The normalized spacial score (nSPS) is 15.4.